The minimum Gasteiger partial charge on any atom is -0.481 e. The number of halogens is 2. The van der Waals surface area contributed by atoms with Crippen molar-refractivity contribution in [2.45, 2.75) is 12.8 Å². The van der Waals surface area contributed by atoms with E-state index in [-0.39, 0.29) is 17.9 Å². The lowest BCUT2D eigenvalue weighted by atomic mass is 9.98. The number of rotatable bonds is 4. The van der Waals surface area contributed by atoms with Crippen molar-refractivity contribution in [3.8, 4) is 0 Å². The van der Waals surface area contributed by atoms with Crippen LogP contribution in [0.2, 0.25) is 0 Å². The molecule has 4 nitrogen and oxygen atoms in total. The maximum atomic E-state index is 13.1. The average molecular weight is 283 g/mol. The highest BCUT2D eigenvalue weighted by molar-refractivity contribution is 5.97. The molecule has 1 atom stereocenters. The molecule has 0 aliphatic carbocycles. The molecule has 1 aliphatic rings. The zero-order valence-electron chi connectivity index (χ0n) is 10.8. The Hall–Kier alpha value is -1.82. The zero-order chi connectivity index (χ0) is 14.7. The van der Waals surface area contributed by atoms with Crippen molar-refractivity contribution in [2.75, 3.05) is 19.6 Å². The molecule has 0 spiro atoms. The molecule has 0 aromatic heterocycles. The van der Waals surface area contributed by atoms with Gasteiger partial charge in [0.05, 0.1) is 12.5 Å². The number of piperidine rings is 1. The van der Waals surface area contributed by atoms with Crippen LogP contribution in [0.1, 0.15) is 23.2 Å². The maximum Gasteiger partial charge on any atom is 0.307 e. The highest BCUT2D eigenvalue weighted by Crippen LogP contribution is 2.17. The van der Waals surface area contributed by atoms with Gasteiger partial charge in [0.1, 0.15) is 0 Å². The maximum absolute atomic E-state index is 13.1. The topological polar surface area (TPSA) is 57.6 Å². The van der Waals surface area contributed by atoms with Crippen LogP contribution in [0.5, 0.6) is 0 Å². The van der Waals surface area contributed by atoms with E-state index >= 15 is 0 Å². The third-order valence-electron chi connectivity index (χ3n) is 3.46. The Balaban J connectivity index is 2.00. The molecule has 1 aromatic rings. The molecule has 2 rings (SSSR count). The van der Waals surface area contributed by atoms with Gasteiger partial charge in [-0.15, -0.1) is 0 Å². The first-order valence-electron chi connectivity index (χ1n) is 6.41. The molecule has 1 N–H and O–H groups in total. The largest absolute Gasteiger partial charge is 0.481 e. The molecule has 108 valence electrons. The summed E-state index contributed by atoms with van der Waals surface area (Å²) in [6.07, 6.45) is 1.31. The number of aliphatic carboxylic acids is 1. The van der Waals surface area contributed by atoms with Crippen molar-refractivity contribution in [1.82, 2.24) is 4.90 Å². The van der Waals surface area contributed by atoms with E-state index in [2.05, 4.69) is 0 Å². The molecule has 0 radical (unpaired) electrons. The summed E-state index contributed by atoms with van der Waals surface area (Å²) in [5.74, 6) is -3.73. The Kier molecular flexibility index (Phi) is 4.44. The lowest BCUT2D eigenvalue weighted by Crippen LogP contribution is -2.41. The summed E-state index contributed by atoms with van der Waals surface area (Å²) in [5.41, 5.74) is 0.0985. The van der Waals surface area contributed by atoms with E-state index in [0.29, 0.717) is 25.9 Å². The Bertz CT molecular complexity index is 533. The van der Waals surface area contributed by atoms with E-state index in [1.807, 2.05) is 0 Å². The second-order valence-corrected chi connectivity index (χ2v) is 4.96. The summed E-state index contributed by atoms with van der Waals surface area (Å²) < 4.78 is 25.9. The SMILES string of the molecule is O=C(CN1CCCC(C(=O)O)C1)c1ccc(F)c(F)c1. The van der Waals surface area contributed by atoms with Crippen LogP contribution >= 0.6 is 0 Å². The molecular formula is C14H15F2NO3. The first-order valence-corrected chi connectivity index (χ1v) is 6.41. The van der Waals surface area contributed by atoms with Crippen LogP contribution in [0.15, 0.2) is 18.2 Å². The fraction of sp³-hybridized carbons (Fsp3) is 0.429. The number of likely N-dealkylation sites (tertiary alicyclic amines) is 1. The standard InChI is InChI=1S/C14H15F2NO3/c15-11-4-3-9(6-12(11)16)13(18)8-17-5-1-2-10(7-17)14(19)20/h3-4,6,10H,1-2,5,7-8H2,(H,19,20). The van der Waals surface area contributed by atoms with Gasteiger partial charge in [-0.05, 0) is 37.6 Å². The van der Waals surface area contributed by atoms with Crippen molar-refractivity contribution in [2.24, 2.45) is 5.92 Å². The Morgan fingerprint density at radius 2 is 2.05 bits per heavy atom. The van der Waals surface area contributed by atoms with Gasteiger partial charge in [0.15, 0.2) is 17.4 Å². The third kappa shape index (κ3) is 3.39. The molecule has 1 saturated heterocycles. The number of benzene rings is 1. The average Bonchev–Trinajstić information content (AvgIpc) is 2.42. The lowest BCUT2D eigenvalue weighted by Gasteiger charge is -2.29. The van der Waals surface area contributed by atoms with Crippen LogP contribution in [0.3, 0.4) is 0 Å². The fourth-order valence-electron chi connectivity index (χ4n) is 2.36. The van der Waals surface area contributed by atoms with Gasteiger partial charge < -0.3 is 5.11 Å². The van der Waals surface area contributed by atoms with Crippen molar-refractivity contribution < 1.29 is 23.5 Å². The highest BCUT2D eigenvalue weighted by atomic mass is 19.2. The van der Waals surface area contributed by atoms with E-state index in [4.69, 9.17) is 5.11 Å². The quantitative estimate of drug-likeness (QED) is 0.858. The number of nitrogens with zero attached hydrogens (tertiary/aromatic N) is 1. The molecule has 1 aromatic carbocycles. The summed E-state index contributed by atoms with van der Waals surface area (Å²) in [4.78, 5) is 24.7. The fourth-order valence-corrected chi connectivity index (χ4v) is 2.36. The van der Waals surface area contributed by atoms with E-state index in [1.54, 1.807) is 4.90 Å². The van der Waals surface area contributed by atoms with Crippen LogP contribution in [-0.2, 0) is 4.79 Å². The van der Waals surface area contributed by atoms with Crippen LogP contribution in [0.25, 0.3) is 0 Å². The van der Waals surface area contributed by atoms with Crippen molar-refractivity contribution in [1.29, 1.82) is 0 Å². The number of carboxylic acids is 1. The number of hydrogen-bond acceptors (Lipinski definition) is 3. The van der Waals surface area contributed by atoms with Gasteiger partial charge in [-0.25, -0.2) is 8.78 Å². The molecule has 20 heavy (non-hydrogen) atoms. The summed E-state index contributed by atoms with van der Waals surface area (Å²) in [5, 5.41) is 8.97. The molecule has 0 bridgehead atoms. The van der Waals surface area contributed by atoms with E-state index < -0.39 is 23.5 Å². The summed E-state index contributed by atoms with van der Waals surface area (Å²) in [7, 11) is 0. The summed E-state index contributed by atoms with van der Waals surface area (Å²) in [6.45, 7) is 0.971. The number of ketones is 1. The molecule has 1 heterocycles. The van der Waals surface area contributed by atoms with E-state index in [9.17, 15) is 18.4 Å². The predicted octanol–water partition coefficient (Wildman–Crippen LogP) is 1.94. The number of carboxylic acid groups (broad SMARTS) is 1. The normalized spacial score (nSPS) is 19.8. The van der Waals surface area contributed by atoms with Crippen LogP contribution < -0.4 is 0 Å². The van der Waals surface area contributed by atoms with Crippen LogP contribution in [-0.4, -0.2) is 41.4 Å². The zero-order valence-corrected chi connectivity index (χ0v) is 10.8. The third-order valence-corrected chi connectivity index (χ3v) is 3.46. The number of hydrogen-bond donors (Lipinski definition) is 1. The molecule has 0 amide bonds. The predicted molar refractivity (Wildman–Crippen MR) is 67.5 cm³/mol. The monoisotopic (exact) mass is 283 g/mol. The van der Waals surface area contributed by atoms with Gasteiger partial charge in [0, 0.05) is 12.1 Å². The number of Topliss-reactive ketones (excluding diaryl/α,β-unsaturated/α-hetero) is 1. The number of carbonyl (C=O) groups excluding carboxylic acids is 1. The summed E-state index contributed by atoms with van der Waals surface area (Å²) >= 11 is 0. The molecule has 1 aliphatic heterocycles. The van der Waals surface area contributed by atoms with Gasteiger partial charge in [-0.2, -0.15) is 0 Å². The Morgan fingerprint density at radius 3 is 2.70 bits per heavy atom. The van der Waals surface area contributed by atoms with Crippen molar-refractivity contribution in [3.05, 3.63) is 35.4 Å². The second kappa shape index (κ2) is 6.09. The molecule has 6 heteroatoms. The van der Waals surface area contributed by atoms with Gasteiger partial charge in [-0.1, -0.05) is 0 Å². The van der Waals surface area contributed by atoms with Gasteiger partial charge >= 0.3 is 5.97 Å². The van der Waals surface area contributed by atoms with Crippen molar-refractivity contribution in [3.63, 3.8) is 0 Å². The lowest BCUT2D eigenvalue weighted by molar-refractivity contribution is -0.143. The van der Waals surface area contributed by atoms with Crippen LogP contribution in [0.4, 0.5) is 8.78 Å². The molecular weight excluding hydrogens is 268 g/mol. The minimum absolute atomic E-state index is 0.0227. The second-order valence-electron chi connectivity index (χ2n) is 4.96. The van der Waals surface area contributed by atoms with E-state index in [0.717, 1.165) is 12.1 Å². The molecule has 1 unspecified atom stereocenters. The van der Waals surface area contributed by atoms with Gasteiger partial charge in [-0.3, -0.25) is 14.5 Å². The van der Waals surface area contributed by atoms with E-state index in [1.165, 1.54) is 6.07 Å². The van der Waals surface area contributed by atoms with Crippen LogP contribution in [0, 0.1) is 17.6 Å². The first kappa shape index (κ1) is 14.6. The number of carbonyl (C=O) groups is 2. The first-order chi connectivity index (χ1) is 9.47. The summed E-state index contributed by atoms with van der Waals surface area (Å²) in [6, 6.07) is 3.02. The molecule has 0 saturated carbocycles. The smallest absolute Gasteiger partial charge is 0.307 e. The van der Waals surface area contributed by atoms with Gasteiger partial charge in [0.2, 0.25) is 0 Å². The molecule has 1 fully saturated rings. The minimum atomic E-state index is -1.06. The van der Waals surface area contributed by atoms with Gasteiger partial charge in [0.25, 0.3) is 0 Å². The van der Waals surface area contributed by atoms with Crippen molar-refractivity contribution >= 4 is 11.8 Å². The Morgan fingerprint density at radius 1 is 1.30 bits per heavy atom. The Labute approximate surface area is 115 Å². The highest BCUT2D eigenvalue weighted by Gasteiger charge is 2.26.